The fraction of sp³-hybridized carbons (Fsp3) is 0.400. The van der Waals surface area contributed by atoms with Crippen LogP contribution in [0.15, 0.2) is 29.4 Å². The number of nitrogens with zero attached hydrogens (tertiary/aromatic N) is 3. The minimum atomic E-state index is -0.0333. The van der Waals surface area contributed by atoms with Crippen LogP contribution < -0.4 is 5.32 Å². The molecule has 118 valence electrons. The molecule has 0 fully saturated rings. The lowest BCUT2D eigenvalue weighted by atomic mass is 10.2. The molecular weight excluding hydrogens is 320 g/mol. The van der Waals surface area contributed by atoms with Gasteiger partial charge in [-0.1, -0.05) is 49.3 Å². The number of hydrogen-bond donors (Lipinski definition) is 1. The van der Waals surface area contributed by atoms with E-state index in [1.807, 2.05) is 35.9 Å². The molecule has 0 atom stereocenters. The Labute approximate surface area is 139 Å². The first-order valence-electron chi connectivity index (χ1n) is 7.00. The highest BCUT2D eigenvalue weighted by Gasteiger charge is 2.13. The number of hydrogen-bond acceptors (Lipinski definition) is 4. The van der Waals surface area contributed by atoms with Crippen molar-refractivity contribution in [3.63, 3.8) is 0 Å². The highest BCUT2D eigenvalue weighted by atomic mass is 35.5. The fourth-order valence-corrected chi connectivity index (χ4v) is 2.81. The lowest BCUT2D eigenvalue weighted by Gasteiger charge is -2.07. The molecule has 1 amide bonds. The zero-order valence-electron chi connectivity index (χ0n) is 12.8. The van der Waals surface area contributed by atoms with Crippen LogP contribution in [0.4, 0.5) is 0 Å². The van der Waals surface area contributed by atoms with Crippen molar-refractivity contribution >= 4 is 29.3 Å². The summed E-state index contributed by atoms with van der Waals surface area (Å²) in [5, 5.41) is 12.6. The maximum absolute atomic E-state index is 11.9. The van der Waals surface area contributed by atoms with Gasteiger partial charge in [-0.05, 0) is 17.7 Å². The molecule has 0 unspecified atom stereocenters. The number of rotatable bonds is 6. The summed E-state index contributed by atoms with van der Waals surface area (Å²) in [6.07, 6.45) is 0. The lowest BCUT2D eigenvalue weighted by molar-refractivity contribution is -0.118. The Hall–Kier alpha value is -1.53. The van der Waals surface area contributed by atoms with E-state index in [1.54, 1.807) is 0 Å². The van der Waals surface area contributed by atoms with Crippen LogP contribution in [-0.4, -0.2) is 26.4 Å². The Morgan fingerprint density at radius 1 is 1.32 bits per heavy atom. The zero-order valence-corrected chi connectivity index (χ0v) is 14.4. The molecule has 1 N–H and O–H groups in total. The fourth-order valence-electron chi connectivity index (χ4n) is 1.94. The van der Waals surface area contributed by atoms with E-state index in [-0.39, 0.29) is 5.91 Å². The van der Waals surface area contributed by atoms with Crippen molar-refractivity contribution in [1.29, 1.82) is 0 Å². The van der Waals surface area contributed by atoms with Gasteiger partial charge in [-0.3, -0.25) is 4.79 Å². The number of benzene rings is 1. The number of amides is 1. The Balaban J connectivity index is 1.81. The van der Waals surface area contributed by atoms with Crippen molar-refractivity contribution in [2.75, 3.05) is 5.75 Å². The predicted molar refractivity (Wildman–Crippen MR) is 89.1 cm³/mol. The van der Waals surface area contributed by atoms with Gasteiger partial charge in [0.05, 0.1) is 5.75 Å². The molecule has 1 heterocycles. The summed E-state index contributed by atoms with van der Waals surface area (Å²) in [6, 6.07) is 7.41. The van der Waals surface area contributed by atoms with Crippen LogP contribution >= 0.6 is 23.4 Å². The topological polar surface area (TPSA) is 59.8 Å². The van der Waals surface area contributed by atoms with Crippen LogP contribution in [0.1, 0.15) is 31.2 Å². The van der Waals surface area contributed by atoms with Crippen LogP contribution in [-0.2, 0) is 18.4 Å². The van der Waals surface area contributed by atoms with Gasteiger partial charge in [-0.15, -0.1) is 10.2 Å². The van der Waals surface area contributed by atoms with Crippen molar-refractivity contribution < 1.29 is 4.79 Å². The lowest BCUT2D eigenvalue weighted by Crippen LogP contribution is -2.24. The third kappa shape index (κ3) is 4.48. The van der Waals surface area contributed by atoms with E-state index in [1.165, 1.54) is 11.8 Å². The van der Waals surface area contributed by atoms with Gasteiger partial charge in [0.2, 0.25) is 5.91 Å². The average Bonchev–Trinajstić information content (AvgIpc) is 2.85. The molecule has 5 nitrogen and oxygen atoms in total. The van der Waals surface area contributed by atoms with E-state index in [4.69, 9.17) is 11.6 Å². The first-order valence-corrected chi connectivity index (χ1v) is 8.37. The Morgan fingerprint density at radius 3 is 2.59 bits per heavy atom. The number of aromatic nitrogens is 3. The summed E-state index contributed by atoms with van der Waals surface area (Å²) in [7, 11) is 1.92. The van der Waals surface area contributed by atoms with E-state index < -0.39 is 0 Å². The van der Waals surface area contributed by atoms with Crippen LogP contribution in [0.3, 0.4) is 0 Å². The van der Waals surface area contributed by atoms with Crippen LogP contribution in [0.5, 0.6) is 0 Å². The molecule has 22 heavy (non-hydrogen) atoms. The molecule has 0 saturated carbocycles. The number of carbonyl (C=O) groups excluding carboxylic acids is 1. The summed E-state index contributed by atoms with van der Waals surface area (Å²) in [5.41, 5.74) is 1.02. The molecule has 2 aromatic rings. The summed E-state index contributed by atoms with van der Waals surface area (Å²) in [6.45, 7) is 4.63. The Bertz CT molecular complexity index is 639. The van der Waals surface area contributed by atoms with E-state index >= 15 is 0 Å². The molecule has 1 aromatic heterocycles. The second-order valence-corrected chi connectivity index (χ2v) is 6.63. The van der Waals surface area contributed by atoms with Crippen LogP contribution in [0, 0.1) is 0 Å². The number of nitrogens with one attached hydrogen (secondary N) is 1. The second-order valence-electron chi connectivity index (χ2n) is 5.25. The van der Waals surface area contributed by atoms with E-state index in [0.717, 1.165) is 16.5 Å². The molecule has 0 aliphatic heterocycles. The molecule has 1 aromatic carbocycles. The highest BCUT2D eigenvalue weighted by Crippen LogP contribution is 2.19. The molecule has 0 radical (unpaired) electrons. The average molecular weight is 339 g/mol. The standard InChI is InChI=1S/C15H19ClN4OS/c1-10(2)14-18-19-15(20(14)3)22-9-13(21)17-8-11-4-6-12(16)7-5-11/h4-7,10H,8-9H2,1-3H3,(H,17,21). The third-order valence-electron chi connectivity index (χ3n) is 3.12. The van der Waals surface area contributed by atoms with Gasteiger partial charge in [-0.2, -0.15) is 0 Å². The van der Waals surface area contributed by atoms with Crippen molar-refractivity contribution in [3.05, 3.63) is 40.7 Å². The Morgan fingerprint density at radius 2 is 2.00 bits per heavy atom. The van der Waals surface area contributed by atoms with E-state index in [9.17, 15) is 4.79 Å². The zero-order chi connectivity index (χ0) is 16.1. The quantitative estimate of drug-likeness (QED) is 0.822. The molecule has 7 heteroatoms. The summed E-state index contributed by atoms with van der Waals surface area (Å²) in [5.74, 6) is 1.51. The number of halogens is 1. The number of carbonyl (C=O) groups is 1. The van der Waals surface area contributed by atoms with Gasteiger partial charge in [0, 0.05) is 24.5 Å². The minimum absolute atomic E-state index is 0.0333. The summed E-state index contributed by atoms with van der Waals surface area (Å²) < 4.78 is 1.93. The summed E-state index contributed by atoms with van der Waals surface area (Å²) >= 11 is 7.21. The molecule has 2 rings (SSSR count). The third-order valence-corrected chi connectivity index (χ3v) is 4.39. The number of thioether (sulfide) groups is 1. The molecule has 0 aliphatic rings. The Kier molecular flexibility index (Phi) is 5.85. The van der Waals surface area contributed by atoms with Crippen molar-refractivity contribution in [2.24, 2.45) is 7.05 Å². The van der Waals surface area contributed by atoms with Gasteiger partial charge in [0.15, 0.2) is 5.16 Å². The highest BCUT2D eigenvalue weighted by molar-refractivity contribution is 7.99. The van der Waals surface area contributed by atoms with Gasteiger partial charge in [0.1, 0.15) is 5.82 Å². The molecule has 0 spiro atoms. The predicted octanol–water partition coefficient (Wildman–Crippen LogP) is 3.00. The molecule has 0 bridgehead atoms. The minimum Gasteiger partial charge on any atom is -0.351 e. The van der Waals surface area contributed by atoms with E-state index in [0.29, 0.717) is 23.2 Å². The van der Waals surface area contributed by atoms with Crippen LogP contribution in [0.2, 0.25) is 5.02 Å². The van der Waals surface area contributed by atoms with Crippen molar-refractivity contribution in [1.82, 2.24) is 20.1 Å². The first-order chi connectivity index (χ1) is 10.5. The van der Waals surface area contributed by atoms with Gasteiger partial charge in [0.25, 0.3) is 0 Å². The van der Waals surface area contributed by atoms with Crippen LogP contribution in [0.25, 0.3) is 0 Å². The van der Waals surface area contributed by atoms with Gasteiger partial charge in [-0.25, -0.2) is 0 Å². The second kappa shape index (κ2) is 7.65. The molecule has 0 aliphatic carbocycles. The smallest absolute Gasteiger partial charge is 0.230 e. The van der Waals surface area contributed by atoms with E-state index in [2.05, 4.69) is 29.4 Å². The van der Waals surface area contributed by atoms with Crippen molar-refractivity contribution in [3.8, 4) is 0 Å². The maximum atomic E-state index is 11.9. The molecular formula is C15H19ClN4OS. The molecule has 0 saturated heterocycles. The SMILES string of the molecule is CC(C)c1nnc(SCC(=O)NCc2ccc(Cl)cc2)n1C. The van der Waals surface area contributed by atoms with Crippen molar-refractivity contribution in [2.45, 2.75) is 31.5 Å². The van der Waals surface area contributed by atoms with Gasteiger partial charge < -0.3 is 9.88 Å². The van der Waals surface area contributed by atoms with Gasteiger partial charge >= 0.3 is 0 Å². The normalized spacial score (nSPS) is 11.0. The summed E-state index contributed by atoms with van der Waals surface area (Å²) in [4.78, 5) is 11.9. The first kappa shape index (κ1) is 16.8. The largest absolute Gasteiger partial charge is 0.351 e. The monoisotopic (exact) mass is 338 g/mol. The maximum Gasteiger partial charge on any atom is 0.230 e.